The number of nitrogen functional groups attached to an aromatic ring is 1. The number of carbonyl (C=O) groups is 1. The number of aromatic nitrogens is 3. The van der Waals surface area contributed by atoms with Crippen molar-refractivity contribution in [3.63, 3.8) is 0 Å². The minimum Gasteiger partial charge on any atom is -0.482 e. The van der Waals surface area contributed by atoms with Crippen LogP contribution in [0, 0.1) is 5.82 Å². The average Bonchev–Trinajstić information content (AvgIpc) is 2.66. The molecule has 1 aromatic heterocycles. The van der Waals surface area contributed by atoms with E-state index < -0.39 is 5.97 Å². The molecule has 0 aliphatic heterocycles. The summed E-state index contributed by atoms with van der Waals surface area (Å²) in [6.45, 7) is -0.469. The van der Waals surface area contributed by atoms with Crippen LogP contribution in [0.2, 0.25) is 0 Å². The molecule has 0 fully saturated rings. The first-order chi connectivity index (χ1) is 13.5. The quantitative estimate of drug-likeness (QED) is 0.530. The molecule has 8 nitrogen and oxygen atoms in total. The second-order valence-corrected chi connectivity index (χ2v) is 6.39. The van der Waals surface area contributed by atoms with Gasteiger partial charge in [0, 0.05) is 10.2 Å². The number of nitrogens with one attached hydrogen (secondary N) is 1. The number of nitrogens with two attached hydrogens (primary N) is 1. The summed E-state index contributed by atoms with van der Waals surface area (Å²) in [6.07, 6.45) is 0. The first-order valence-electron chi connectivity index (χ1n) is 8.05. The van der Waals surface area contributed by atoms with Gasteiger partial charge in [-0.15, -0.1) is 0 Å². The second-order valence-electron chi connectivity index (χ2n) is 5.47. The van der Waals surface area contributed by atoms with Crippen LogP contribution in [0.5, 0.6) is 5.75 Å². The number of halogens is 2. The summed E-state index contributed by atoms with van der Waals surface area (Å²) < 4.78 is 24.2. The Bertz CT molecular complexity index is 972. The Hall–Kier alpha value is -3.27. The number of hydrogen-bond acceptors (Lipinski definition) is 8. The van der Waals surface area contributed by atoms with Crippen LogP contribution in [0.3, 0.4) is 0 Å². The molecule has 0 saturated carbocycles. The topological polar surface area (TPSA) is 112 Å². The van der Waals surface area contributed by atoms with Gasteiger partial charge in [-0.2, -0.15) is 15.0 Å². The largest absolute Gasteiger partial charge is 0.482 e. The van der Waals surface area contributed by atoms with Crippen LogP contribution in [0.1, 0.15) is 5.82 Å². The Morgan fingerprint density at radius 1 is 1.14 bits per heavy atom. The number of benzene rings is 2. The van der Waals surface area contributed by atoms with Gasteiger partial charge in [0.05, 0.1) is 0 Å². The van der Waals surface area contributed by atoms with E-state index in [0.29, 0.717) is 11.4 Å². The highest BCUT2D eigenvalue weighted by molar-refractivity contribution is 9.10. The van der Waals surface area contributed by atoms with Crippen LogP contribution < -0.4 is 15.8 Å². The van der Waals surface area contributed by atoms with E-state index >= 15 is 0 Å². The van der Waals surface area contributed by atoms with Crippen molar-refractivity contribution in [2.45, 2.75) is 6.61 Å². The van der Waals surface area contributed by atoms with Gasteiger partial charge in [0.15, 0.2) is 19.0 Å². The van der Waals surface area contributed by atoms with Crippen molar-refractivity contribution in [3.8, 4) is 5.75 Å². The van der Waals surface area contributed by atoms with Crippen molar-refractivity contribution in [3.05, 3.63) is 64.6 Å². The number of anilines is 3. The highest BCUT2D eigenvalue weighted by Crippen LogP contribution is 2.18. The lowest BCUT2D eigenvalue weighted by Gasteiger charge is -2.09. The van der Waals surface area contributed by atoms with Crippen molar-refractivity contribution < 1.29 is 18.7 Å². The monoisotopic (exact) mass is 447 g/mol. The van der Waals surface area contributed by atoms with Gasteiger partial charge >= 0.3 is 5.97 Å². The standard InChI is InChI=1S/C18H15BrFN5O3/c19-11-2-1-3-14(8-11)27-10-16(26)28-9-15-23-17(21)25-18(24-15)22-13-6-4-12(20)5-7-13/h1-8H,9-10H2,(H3,21,22,23,24,25). The minimum atomic E-state index is -0.591. The molecular weight excluding hydrogens is 433 g/mol. The van der Waals surface area contributed by atoms with Crippen molar-refractivity contribution in [1.82, 2.24) is 15.0 Å². The molecule has 0 radical (unpaired) electrons. The maximum absolute atomic E-state index is 13.0. The maximum Gasteiger partial charge on any atom is 0.344 e. The van der Waals surface area contributed by atoms with Crippen molar-refractivity contribution in [2.75, 3.05) is 17.7 Å². The van der Waals surface area contributed by atoms with Gasteiger partial charge in [-0.1, -0.05) is 22.0 Å². The number of esters is 1. The molecule has 0 atom stereocenters. The Labute approximate surface area is 168 Å². The van der Waals surface area contributed by atoms with Gasteiger partial charge in [0.25, 0.3) is 0 Å². The molecule has 3 N–H and O–H groups in total. The Balaban J connectivity index is 1.55. The van der Waals surface area contributed by atoms with Gasteiger partial charge < -0.3 is 20.5 Å². The molecule has 0 aliphatic carbocycles. The molecule has 0 unspecified atom stereocenters. The fourth-order valence-electron chi connectivity index (χ4n) is 2.11. The van der Waals surface area contributed by atoms with Crippen LogP contribution in [-0.4, -0.2) is 27.5 Å². The zero-order valence-corrected chi connectivity index (χ0v) is 16.0. The third kappa shape index (κ3) is 5.88. The molecule has 28 heavy (non-hydrogen) atoms. The third-order valence-electron chi connectivity index (χ3n) is 3.31. The van der Waals surface area contributed by atoms with Gasteiger partial charge in [0.1, 0.15) is 11.6 Å². The van der Waals surface area contributed by atoms with Gasteiger partial charge in [-0.3, -0.25) is 0 Å². The Kier molecular flexibility index (Phi) is 6.33. The molecule has 144 valence electrons. The van der Waals surface area contributed by atoms with Crippen LogP contribution in [0.25, 0.3) is 0 Å². The van der Waals surface area contributed by atoms with E-state index in [1.54, 1.807) is 18.2 Å². The Morgan fingerprint density at radius 2 is 1.93 bits per heavy atom. The van der Waals surface area contributed by atoms with Crippen LogP contribution >= 0.6 is 15.9 Å². The van der Waals surface area contributed by atoms with Crippen LogP contribution in [0.15, 0.2) is 53.0 Å². The summed E-state index contributed by atoms with van der Waals surface area (Å²) in [5, 5.41) is 2.87. The molecule has 0 aliphatic rings. The van der Waals surface area contributed by atoms with E-state index in [-0.39, 0.29) is 36.8 Å². The summed E-state index contributed by atoms with van der Waals surface area (Å²) in [5.41, 5.74) is 6.23. The summed E-state index contributed by atoms with van der Waals surface area (Å²) in [6, 6.07) is 12.7. The molecule has 0 amide bonds. The summed E-state index contributed by atoms with van der Waals surface area (Å²) in [7, 11) is 0. The van der Waals surface area contributed by atoms with E-state index in [1.807, 2.05) is 6.07 Å². The van der Waals surface area contributed by atoms with Gasteiger partial charge in [0.2, 0.25) is 11.9 Å². The first-order valence-corrected chi connectivity index (χ1v) is 8.84. The van der Waals surface area contributed by atoms with E-state index in [0.717, 1.165) is 4.47 Å². The lowest BCUT2D eigenvalue weighted by molar-refractivity contribution is -0.147. The van der Waals surface area contributed by atoms with Crippen molar-refractivity contribution in [1.29, 1.82) is 0 Å². The smallest absolute Gasteiger partial charge is 0.344 e. The zero-order valence-electron chi connectivity index (χ0n) is 14.4. The number of rotatable bonds is 7. The lowest BCUT2D eigenvalue weighted by Crippen LogP contribution is -2.16. The molecule has 3 rings (SSSR count). The predicted molar refractivity (Wildman–Crippen MR) is 103 cm³/mol. The van der Waals surface area contributed by atoms with Gasteiger partial charge in [-0.05, 0) is 42.5 Å². The number of nitrogens with zero attached hydrogens (tertiary/aromatic N) is 3. The number of carbonyl (C=O) groups excluding carboxylic acids is 1. The van der Waals surface area contributed by atoms with Crippen LogP contribution in [-0.2, 0) is 16.1 Å². The molecule has 0 bridgehead atoms. The summed E-state index contributed by atoms with van der Waals surface area (Å²) in [5.74, 6) is -0.161. The molecule has 0 spiro atoms. The molecular formula is C18H15BrFN5O3. The molecule has 3 aromatic rings. The highest BCUT2D eigenvalue weighted by atomic mass is 79.9. The van der Waals surface area contributed by atoms with E-state index in [2.05, 4.69) is 36.2 Å². The van der Waals surface area contributed by atoms with E-state index in [9.17, 15) is 9.18 Å². The highest BCUT2D eigenvalue weighted by Gasteiger charge is 2.10. The van der Waals surface area contributed by atoms with Gasteiger partial charge in [-0.25, -0.2) is 9.18 Å². The molecule has 10 heteroatoms. The first kappa shape index (κ1) is 19.5. The van der Waals surface area contributed by atoms with E-state index in [1.165, 1.54) is 24.3 Å². The minimum absolute atomic E-state index is 0.0453. The maximum atomic E-state index is 13.0. The molecule has 0 saturated heterocycles. The molecule has 1 heterocycles. The van der Waals surface area contributed by atoms with Crippen molar-refractivity contribution >= 4 is 39.5 Å². The van der Waals surface area contributed by atoms with Crippen LogP contribution in [0.4, 0.5) is 22.0 Å². The fourth-order valence-corrected chi connectivity index (χ4v) is 2.48. The van der Waals surface area contributed by atoms with Crippen molar-refractivity contribution in [2.24, 2.45) is 0 Å². The molecule has 2 aromatic carbocycles. The fraction of sp³-hybridized carbons (Fsp3) is 0.111. The number of ether oxygens (including phenoxy) is 2. The SMILES string of the molecule is Nc1nc(COC(=O)COc2cccc(Br)c2)nc(Nc2ccc(F)cc2)n1. The summed E-state index contributed by atoms with van der Waals surface area (Å²) >= 11 is 3.32. The average molecular weight is 448 g/mol. The Morgan fingerprint density at radius 3 is 2.68 bits per heavy atom. The lowest BCUT2D eigenvalue weighted by atomic mass is 10.3. The number of hydrogen-bond donors (Lipinski definition) is 2. The third-order valence-corrected chi connectivity index (χ3v) is 3.81. The summed E-state index contributed by atoms with van der Waals surface area (Å²) in [4.78, 5) is 23.8. The predicted octanol–water partition coefficient (Wildman–Crippen LogP) is 3.22. The zero-order chi connectivity index (χ0) is 19.9. The second kappa shape index (κ2) is 9.09. The normalized spacial score (nSPS) is 10.4. The van der Waals surface area contributed by atoms with E-state index in [4.69, 9.17) is 15.2 Å².